The molecule has 0 unspecified atom stereocenters. The van der Waals surface area contributed by atoms with Gasteiger partial charge in [0.15, 0.2) is 71.2 Å². The van der Waals surface area contributed by atoms with Crippen LogP contribution in [0, 0.1) is 0 Å². The van der Waals surface area contributed by atoms with Gasteiger partial charge in [-0.2, -0.15) is 0 Å². The number of benzene rings is 1. The number of carbonyl (C=O) groups excluding carboxylic acids is 12. The van der Waals surface area contributed by atoms with E-state index in [4.69, 9.17) is 71.1 Å². The topological polar surface area (TPSA) is 343 Å². The van der Waals surface area contributed by atoms with Crippen molar-refractivity contribution in [1.82, 2.24) is 0 Å². The van der Waals surface area contributed by atoms with E-state index in [2.05, 4.69) is 0 Å². The van der Waals surface area contributed by atoms with Gasteiger partial charge in [0, 0.05) is 100 Å². The van der Waals surface area contributed by atoms with E-state index in [1.807, 2.05) is 18.2 Å². The van der Waals surface area contributed by atoms with Crippen molar-refractivity contribution in [2.45, 2.75) is 190 Å². The molecule has 15 atom stereocenters. The molecular weight excluding hydrogens is 1240 g/mol. The zero-order chi connectivity index (χ0) is 62.5. The first-order valence-electron chi connectivity index (χ1n) is 25.4. The predicted molar refractivity (Wildman–Crippen MR) is 299 cm³/mol. The van der Waals surface area contributed by atoms with Crippen LogP contribution in [0.1, 0.15) is 99.8 Å². The first-order chi connectivity index (χ1) is 39.5. The van der Waals surface area contributed by atoms with Gasteiger partial charge in [-0.05, 0) is 16.7 Å². The van der Waals surface area contributed by atoms with E-state index in [-0.39, 0.29) is 17.3 Å². The average molecular weight is 1300 g/mol. The highest BCUT2D eigenvalue weighted by molar-refractivity contribution is 8.77. The molecule has 3 heterocycles. The Balaban J connectivity index is 1.74. The minimum atomic E-state index is -1.41. The van der Waals surface area contributed by atoms with Gasteiger partial charge in [0.05, 0.1) is 0 Å². The van der Waals surface area contributed by atoms with E-state index in [9.17, 15) is 57.5 Å². The summed E-state index contributed by atoms with van der Waals surface area (Å²) in [7, 11) is 6.86. The lowest BCUT2D eigenvalue weighted by Crippen LogP contribution is -2.61. The van der Waals surface area contributed by atoms with Gasteiger partial charge in [-0.25, -0.2) is 0 Å². The maximum Gasteiger partial charge on any atom is 0.303 e. The minimum Gasteiger partial charge on any atom is -0.463 e. The van der Waals surface area contributed by atoms with Crippen molar-refractivity contribution >= 4 is 136 Å². The van der Waals surface area contributed by atoms with Crippen LogP contribution >= 0.6 is 64.8 Å². The third kappa shape index (κ3) is 24.0. The molecule has 27 nitrogen and oxygen atoms in total. The second-order valence-electron chi connectivity index (χ2n) is 18.4. The molecule has 0 saturated carbocycles. The van der Waals surface area contributed by atoms with Gasteiger partial charge in [-0.15, -0.1) is 0 Å². The van der Waals surface area contributed by atoms with Crippen molar-refractivity contribution in [3.05, 3.63) is 34.9 Å². The van der Waals surface area contributed by atoms with Gasteiger partial charge in [-0.1, -0.05) is 83.0 Å². The fourth-order valence-electron chi connectivity index (χ4n) is 8.40. The van der Waals surface area contributed by atoms with Crippen LogP contribution in [0.4, 0.5) is 0 Å². The lowest BCUT2D eigenvalue weighted by atomic mass is 9.99. The molecule has 3 saturated heterocycles. The number of rotatable bonds is 27. The molecule has 0 spiro atoms. The Morgan fingerprint density at radius 3 is 0.679 bits per heavy atom. The van der Waals surface area contributed by atoms with Crippen LogP contribution in [0.5, 0.6) is 0 Å². The molecule has 3 aliphatic rings. The number of hydrogen-bond donors (Lipinski definition) is 0. The molecule has 468 valence electrons. The fourth-order valence-corrected chi connectivity index (χ4v) is 15.9. The first-order valence-corrected chi connectivity index (χ1v) is 32.5. The smallest absolute Gasteiger partial charge is 0.303 e. The van der Waals surface area contributed by atoms with Crippen LogP contribution in [0.15, 0.2) is 18.2 Å². The number of carbonyl (C=O) groups is 12. The predicted octanol–water partition coefficient (Wildman–Crippen LogP) is 4.58. The summed E-state index contributed by atoms with van der Waals surface area (Å²) in [4.78, 5) is 148. The van der Waals surface area contributed by atoms with Crippen LogP contribution < -0.4 is 0 Å². The van der Waals surface area contributed by atoms with Crippen LogP contribution in [-0.2, 0) is 146 Å². The summed E-state index contributed by atoms with van der Waals surface area (Å²) in [5.41, 5.74) is -1.29. The van der Waals surface area contributed by atoms with E-state index in [0.29, 0.717) is 16.7 Å². The van der Waals surface area contributed by atoms with Gasteiger partial charge in [0.2, 0.25) is 0 Å². The fraction of sp³-hybridized carbons (Fsp3) is 0.647. The largest absolute Gasteiger partial charge is 0.463 e. The molecule has 0 bridgehead atoms. The molecule has 3 aliphatic heterocycles. The lowest BCUT2D eigenvalue weighted by Gasteiger charge is -2.44. The monoisotopic (exact) mass is 1300 g/mol. The molecule has 0 aliphatic carbocycles. The van der Waals surface area contributed by atoms with E-state index in [1.54, 1.807) is 0 Å². The molecule has 0 aromatic heterocycles. The van der Waals surface area contributed by atoms with Crippen molar-refractivity contribution in [2.24, 2.45) is 0 Å². The number of esters is 12. The Morgan fingerprint density at radius 1 is 0.298 bits per heavy atom. The van der Waals surface area contributed by atoms with Crippen LogP contribution in [-0.4, -0.2) is 181 Å². The van der Waals surface area contributed by atoms with Crippen LogP contribution in [0.2, 0.25) is 0 Å². The number of ether oxygens (including phenoxy) is 15. The number of hydrogen-bond acceptors (Lipinski definition) is 33. The zero-order valence-corrected chi connectivity index (χ0v) is 52.5. The molecule has 3 fully saturated rings. The normalized spacial score (nSPS) is 27.2. The van der Waals surface area contributed by atoms with E-state index in [1.165, 1.54) is 32.4 Å². The Labute approximate surface area is 506 Å². The molecular formula is C51H66O27S6. The first kappa shape index (κ1) is 71.3. The molecule has 1 aromatic rings. The standard InChI is InChI=1S/C51H66O27S6/c1-22(52)64-16-37-40(67-25(4)55)43(70-28(7)58)46(73-31(10)61)49(76-37)82-79-19-34-13-35(20-80-83-50-47(74-32(11)62)44(71-29(8)59)41(68-26(5)56)38(77-50)17-65-23(2)53)15-36(14-34)21-81-84-51-48(75-33(12)63)45(72-30(9)60)42(69-27(6)57)39(78-51)18-66-24(3)54/h13-15,37-51H,16-21H2,1-12H3/t37-,38-,39-,40-,41-,42-,43+,44+,45+,46-,47-,48-,49+,50+,51+/m1/s1. The van der Waals surface area contributed by atoms with E-state index < -0.39 is 181 Å². The quantitative estimate of drug-likeness (QED) is 0.0661. The summed E-state index contributed by atoms with van der Waals surface area (Å²) in [6.07, 6.45) is -16.0. The third-order valence-corrected chi connectivity index (χ3v) is 18.6. The van der Waals surface area contributed by atoms with Crippen LogP contribution in [0.3, 0.4) is 0 Å². The second kappa shape index (κ2) is 34.8. The third-order valence-electron chi connectivity index (χ3n) is 11.1. The van der Waals surface area contributed by atoms with Crippen LogP contribution in [0.25, 0.3) is 0 Å². The van der Waals surface area contributed by atoms with Crippen molar-refractivity contribution in [2.75, 3.05) is 19.8 Å². The Hall–Kier alpha value is -5.16. The highest BCUT2D eigenvalue weighted by Gasteiger charge is 2.55. The summed E-state index contributed by atoms with van der Waals surface area (Å²) in [5.74, 6) is -8.63. The Kier molecular flexibility index (Phi) is 29.6. The molecule has 0 N–H and O–H groups in total. The molecule has 1 aromatic carbocycles. The average Bonchev–Trinajstić information content (AvgIpc) is 1.40. The second-order valence-corrected chi connectivity index (χ2v) is 25.8. The maximum atomic E-state index is 12.6. The Bertz CT molecular complexity index is 2260. The summed E-state index contributed by atoms with van der Waals surface area (Å²) in [5, 5.41) is 0. The molecule has 84 heavy (non-hydrogen) atoms. The summed E-state index contributed by atoms with van der Waals surface area (Å²) in [6.45, 7) is 12.1. The van der Waals surface area contributed by atoms with E-state index in [0.717, 1.165) is 115 Å². The van der Waals surface area contributed by atoms with Gasteiger partial charge in [0.1, 0.15) is 38.1 Å². The van der Waals surface area contributed by atoms with Crippen molar-refractivity contribution in [3.63, 3.8) is 0 Å². The van der Waals surface area contributed by atoms with Gasteiger partial charge in [0.25, 0.3) is 0 Å². The highest BCUT2D eigenvalue weighted by atomic mass is 33.1. The summed E-state index contributed by atoms with van der Waals surface area (Å²) < 4.78 is 84.8. The van der Waals surface area contributed by atoms with Gasteiger partial charge in [-0.3, -0.25) is 57.5 Å². The zero-order valence-electron chi connectivity index (χ0n) is 47.6. The van der Waals surface area contributed by atoms with Crippen molar-refractivity contribution < 1.29 is 129 Å². The molecule has 0 amide bonds. The van der Waals surface area contributed by atoms with E-state index >= 15 is 0 Å². The molecule has 0 radical (unpaired) electrons. The maximum absolute atomic E-state index is 12.6. The Morgan fingerprint density at radius 2 is 0.488 bits per heavy atom. The SMILES string of the molecule is CC(=O)OC[C@H]1O[C@@H](SSCc2cc(CSS[C@@H]3O[C@H](COC(C)=O)[C@@H](OC(C)=O)[C@H](OC(C)=O)[C@H]3OC(C)=O)cc(CSS[C@@H]3O[C@H](COC(C)=O)[C@@H](OC(C)=O)[C@H](OC(C)=O)[C@H]3OC(C)=O)c2)[C@H](OC(C)=O)[C@@H](OC(C)=O)[C@@H]1OC(C)=O. The minimum absolute atomic E-state index is 0.202. The van der Waals surface area contributed by atoms with Gasteiger partial charge < -0.3 is 71.1 Å². The summed E-state index contributed by atoms with van der Waals surface area (Å²) >= 11 is 0. The summed E-state index contributed by atoms with van der Waals surface area (Å²) in [6, 6.07) is 5.59. The van der Waals surface area contributed by atoms with Crippen molar-refractivity contribution in [1.29, 1.82) is 0 Å². The molecule has 33 heteroatoms. The molecule has 4 rings (SSSR count). The van der Waals surface area contributed by atoms with Gasteiger partial charge >= 0.3 is 71.6 Å². The highest BCUT2D eigenvalue weighted by Crippen LogP contribution is 2.45. The lowest BCUT2D eigenvalue weighted by molar-refractivity contribution is -0.237. The van der Waals surface area contributed by atoms with Crippen molar-refractivity contribution in [3.8, 4) is 0 Å².